The number of nitrogen functional groups attached to an aromatic ring is 1. The monoisotopic (exact) mass is 345 g/mol. The van der Waals surface area contributed by atoms with Crippen molar-refractivity contribution < 1.29 is 4.39 Å². The minimum absolute atomic E-state index is 0.201. The molecule has 1 aromatic heterocycles. The number of benzene rings is 1. The van der Waals surface area contributed by atoms with E-state index >= 15 is 0 Å². The molecular weight excluding hydrogens is 332 g/mol. The molecule has 1 fully saturated rings. The molecule has 17 heavy (non-hydrogen) atoms. The van der Waals surface area contributed by atoms with Crippen LogP contribution in [0.2, 0.25) is 0 Å². The van der Waals surface area contributed by atoms with E-state index in [1.807, 2.05) is 27.2 Å². The zero-order chi connectivity index (χ0) is 12.2. The lowest BCUT2D eigenvalue weighted by Gasteiger charge is -2.05. The van der Waals surface area contributed by atoms with Gasteiger partial charge in [-0.15, -0.1) is 0 Å². The van der Waals surface area contributed by atoms with E-state index in [9.17, 15) is 4.39 Å². The van der Waals surface area contributed by atoms with Gasteiger partial charge in [-0.3, -0.25) is 0 Å². The number of aromatic nitrogens is 2. The molecule has 0 bridgehead atoms. The van der Waals surface area contributed by atoms with Gasteiger partial charge in [-0.1, -0.05) is 13.3 Å². The molecule has 5 heteroatoms. The lowest BCUT2D eigenvalue weighted by Crippen LogP contribution is -2.02. The largest absolute Gasteiger partial charge is 0.369 e. The molecule has 1 aromatic carbocycles. The van der Waals surface area contributed by atoms with Gasteiger partial charge < -0.3 is 10.3 Å². The molecule has 2 unspecified atom stereocenters. The van der Waals surface area contributed by atoms with Crippen LogP contribution in [0.3, 0.4) is 0 Å². The number of nitrogens with two attached hydrogens (primary N) is 1. The zero-order valence-electron chi connectivity index (χ0n) is 9.45. The van der Waals surface area contributed by atoms with E-state index < -0.39 is 0 Å². The Morgan fingerprint density at radius 1 is 1.59 bits per heavy atom. The Bertz CT molecular complexity index is 593. The Balaban J connectivity index is 2.17. The maximum Gasteiger partial charge on any atom is 0.201 e. The van der Waals surface area contributed by atoms with Gasteiger partial charge in [-0.2, -0.15) is 0 Å². The summed E-state index contributed by atoms with van der Waals surface area (Å²) < 4.78 is 16.2. The maximum absolute atomic E-state index is 13.6. The Morgan fingerprint density at radius 3 is 3.00 bits per heavy atom. The minimum Gasteiger partial charge on any atom is -0.369 e. The SMILES string of the molecule is CCC1CC1n1c(N)nc2cc(I)c(F)cc21. The topological polar surface area (TPSA) is 43.8 Å². The average molecular weight is 345 g/mol. The van der Waals surface area contributed by atoms with Gasteiger partial charge in [0.25, 0.3) is 0 Å². The highest BCUT2D eigenvalue weighted by Crippen LogP contribution is 2.48. The van der Waals surface area contributed by atoms with Gasteiger partial charge in [0, 0.05) is 12.1 Å². The van der Waals surface area contributed by atoms with Crippen LogP contribution in [0, 0.1) is 15.3 Å². The van der Waals surface area contributed by atoms with Crippen LogP contribution in [0.4, 0.5) is 10.3 Å². The van der Waals surface area contributed by atoms with Gasteiger partial charge in [0.2, 0.25) is 5.95 Å². The molecule has 1 heterocycles. The molecule has 1 aliphatic rings. The van der Waals surface area contributed by atoms with Crippen LogP contribution in [0.25, 0.3) is 11.0 Å². The quantitative estimate of drug-likeness (QED) is 0.849. The molecule has 0 spiro atoms. The van der Waals surface area contributed by atoms with Gasteiger partial charge in [0.15, 0.2) is 0 Å². The Kier molecular flexibility index (Phi) is 2.53. The fourth-order valence-electron chi connectivity index (χ4n) is 2.44. The normalized spacial score (nSPS) is 23.2. The predicted molar refractivity (Wildman–Crippen MR) is 74.3 cm³/mol. The predicted octanol–water partition coefficient (Wildman–Crippen LogP) is 3.33. The number of anilines is 1. The van der Waals surface area contributed by atoms with E-state index in [0.717, 1.165) is 23.9 Å². The summed E-state index contributed by atoms with van der Waals surface area (Å²) in [7, 11) is 0. The molecule has 2 atom stereocenters. The maximum atomic E-state index is 13.6. The van der Waals surface area contributed by atoms with Gasteiger partial charge in [-0.25, -0.2) is 9.37 Å². The second-order valence-electron chi connectivity index (χ2n) is 4.57. The van der Waals surface area contributed by atoms with Crippen LogP contribution >= 0.6 is 22.6 Å². The molecule has 0 amide bonds. The van der Waals surface area contributed by atoms with Crippen molar-refractivity contribution in [2.75, 3.05) is 5.73 Å². The lowest BCUT2D eigenvalue weighted by atomic mass is 10.3. The first kappa shape index (κ1) is 11.3. The number of hydrogen-bond donors (Lipinski definition) is 1. The first-order chi connectivity index (χ1) is 8.11. The van der Waals surface area contributed by atoms with E-state index in [1.54, 1.807) is 12.1 Å². The molecule has 2 N–H and O–H groups in total. The standard InChI is InChI=1S/C12H13FIN3/c1-2-6-3-10(6)17-11-4-7(13)8(14)5-9(11)16-12(17)15/h4-6,10H,2-3H2,1H3,(H2,15,16). The lowest BCUT2D eigenvalue weighted by molar-refractivity contribution is 0.618. The minimum atomic E-state index is -0.201. The van der Waals surface area contributed by atoms with Crippen LogP contribution < -0.4 is 5.73 Å². The number of fused-ring (bicyclic) bond motifs is 1. The van der Waals surface area contributed by atoms with Crippen molar-refractivity contribution >= 4 is 39.6 Å². The zero-order valence-corrected chi connectivity index (χ0v) is 11.6. The molecular formula is C12H13FIN3. The van der Waals surface area contributed by atoms with E-state index in [2.05, 4.69) is 11.9 Å². The molecule has 0 aliphatic heterocycles. The van der Waals surface area contributed by atoms with Crippen LogP contribution in [0.15, 0.2) is 12.1 Å². The van der Waals surface area contributed by atoms with Crippen LogP contribution in [-0.2, 0) is 0 Å². The van der Waals surface area contributed by atoms with Crippen molar-refractivity contribution in [2.45, 2.75) is 25.8 Å². The van der Waals surface area contributed by atoms with Crippen molar-refractivity contribution in [3.05, 3.63) is 21.5 Å². The van der Waals surface area contributed by atoms with Crippen LogP contribution in [0.5, 0.6) is 0 Å². The van der Waals surface area contributed by atoms with Crippen molar-refractivity contribution in [2.24, 2.45) is 5.92 Å². The number of imidazole rings is 1. The summed E-state index contributed by atoms with van der Waals surface area (Å²) in [5, 5.41) is 0. The van der Waals surface area contributed by atoms with E-state index in [1.165, 1.54) is 0 Å². The summed E-state index contributed by atoms with van der Waals surface area (Å²) in [6.07, 6.45) is 2.26. The van der Waals surface area contributed by atoms with Crippen LogP contribution in [-0.4, -0.2) is 9.55 Å². The average Bonchev–Trinajstić information content (AvgIpc) is 2.98. The summed E-state index contributed by atoms with van der Waals surface area (Å²) in [6, 6.07) is 3.71. The smallest absolute Gasteiger partial charge is 0.201 e. The fraction of sp³-hybridized carbons (Fsp3) is 0.417. The Labute approximate surface area is 112 Å². The highest BCUT2D eigenvalue weighted by Gasteiger charge is 2.39. The van der Waals surface area contributed by atoms with Gasteiger partial charge in [0.1, 0.15) is 5.82 Å². The number of halogens is 2. The highest BCUT2D eigenvalue weighted by atomic mass is 127. The van der Waals surface area contributed by atoms with Gasteiger partial charge in [-0.05, 0) is 41.0 Å². The van der Waals surface area contributed by atoms with Crippen LogP contribution in [0.1, 0.15) is 25.8 Å². The molecule has 1 aliphatic carbocycles. The molecule has 3 rings (SSSR count). The van der Waals surface area contributed by atoms with Crippen molar-refractivity contribution in [1.82, 2.24) is 9.55 Å². The second-order valence-corrected chi connectivity index (χ2v) is 5.73. The number of hydrogen-bond acceptors (Lipinski definition) is 2. The first-order valence-corrected chi connectivity index (χ1v) is 6.82. The summed E-state index contributed by atoms with van der Waals surface area (Å²) in [5.41, 5.74) is 7.55. The summed E-state index contributed by atoms with van der Waals surface area (Å²) in [6.45, 7) is 2.17. The number of nitrogens with zero attached hydrogens (tertiary/aromatic N) is 2. The third-order valence-corrected chi connectivity index (χ3v) is 4.33. The summed E-state index contributed by atoms with van der Waals surface area (Å²) in [5.74, 6) is 0.965. The van der Waals surface area contributed by atoms with E-state index in [-0.39, 0.29) is 5.82 Å². The Morgan fingerprint density at radius 2 is 2.35 bits per heavy atom. The molecule has 2 aromatic rings. The Hall–Kier alpha value is -0.850. The molecule has 0 radical (unpaired) electrons. The molecule has 0 saturated heterocycles. The van der Waals surface area contributed by atoms with Gasteiger partial charge in [0.05, 0.1) is 14.6 Å². The molecule has 90 valence electrons. The summed E-state index contributed by atoms with van der Waals surface area (Å²) in [4.78, 5) is 4.31. The molecule has 1 saturated carbocycles. The van der Waals surface area contributed by atoms with Gasteiger partial charge >= 0.3 is 0 Å². The van der Waals surface area contributed by atoms with E-state index in [4.69, 9.17) is 5.73 Å². The second kappa shape index (κ2) is 3.83. The van der Waals surface area contributed by atoms with E-state index in [0.29, 0.717) is 21.5 Å². The fourth-order valence-corrected chi connectivity index (χ4v) is 2.89. The summed E-state index contributed by atoms with van der Waals surface area (Å²) >= 11 is 1.97. The van der Waals surface area contributed by atoms with Crippen molar-refractivity contribution in [3.8, 4) is 0 Å². The first-order valence-electron chi connectivity index (χ1n) is 5.74. The third-order valence-electron chi connectivity index (χ3n) is 3.50. The van der Waals surface area contributed by atoms with Crippen molar-refractivity contribution in [3.63, 3.8) is 0 Å². The highest BCUT2D eigenvalue weighted by molar-refractivity contribution is 14.1. The third kappa shape index (κ3) is 1.71. The number of rotatable bonds is 2. The van der Waals surface area contributed by atoms with Crippen molar-refractivity contribution in [1.29, 1.82) is 0 Å². The molecule has 3 nitrogen and oxygen atoms in total.